The van der Waals surface area contributed by atoms with Crippen molar-refractivity contribution in [3.8, 4) is 0 Å². The first-order chi connectivity index (χ1) is 2.89. The topological polar surface area (TPSA) is 0 Å². The van der Waals surface area contributed by atoms with Crippen LogP contribution in [0.5, 0.6) is 0 Å². The van der Waals surface area contributed by atoms with Gasteiger partial charge in [-0.3, -0.25) is 0 Å². The van der Waals surface area contributed by atoms with Crippen LogP contribution in [0.25, 0.3) is 0 Å². The number of hydrogen-bond acceptors (Lipinski definition) is 1. The van der Waals surface area contributed by atoms with E-state index in [9.17, 15) is 0 Å². The second kappa shape index (κ2) is 1.85. The van der Waals surface area contributed by atoms with Crippen molar-refractivity contribution in [3.05, 3.63) is 10.8 Å². The molecule has 0 spiro atoms. The molecule has 1 aliphatic heterocycles. The molecule has 0 aromatic heterocycles. The molecular formula is C4H6S2. The zero-order chi connectivity index (χ0) is 4.41. The highest BCUT2D eigenvalue weighted by atomic mass is 32.2. The molecule has 0 aromatic carbocycles. The fourth-order valence-electron chi connectivity index (χ4n) is 0.271. The molecule has 0 aromatic rings. The minimum Gasteiger partial charge on any atom is -0.158 e. The van der Waals surface area contributed by atoms with Crippen molar-refractivity contribution in [2.24, 2.45) is 0 Å². The predicted molar refractivity (Wildman–Crippen MR) is 36.3 cm³/mol. The summed E-state index contributed by atoms with van der Waals surface area (Å²) in [5, 5.41) is 4.34. The molecule has 2 heteroatoms. The summed E-state index contributed by atoms with van der Waals surface area (Å²) in [5.74, 6) is 0. The molecule has 0 radical (unpaired) electrons. The maximum Gasteiger partial charge on any atom is 0.00225 e. The van der Waals surface area contributed by atoms with Crippen LogP contribution in [0.1, 0.15) is 0 Å². The summed E-state index contributed by atoms with van der Waals surface area (Å²) in [6.45, 7) is 0. The van der Waals surface area contributed by atoms with E-state index >= 15 is 0 Å². The van der Waals surface area contributed by atoms with Gasteiger partial charge in [0.2, 0.25) is 0 Å². The van der Waals surface area contributed by atoms with Gasteiger partial charge in [-0.1, -0.05) is 11.8 Å². The van der Waals surface area contributed by atoms with Crippen LogP contribution < -0.4 is 0 Å². The molecule has 0 amide bonds. The van der Waals surface area contributed by atoms with Crippen molar-refractivity contribution in [2.45, 2.75) is 0 Å². The average molecular weight is 118 g/mol. The van der Waals surface area contributed by atoms with Crippen LogP contribution in [0.2, 0.25) is 0 Å². The summed E-state index contributed by atoms with van der Waals surface area (Å²) < 4.78 is 2.24. The van der Waals surface area contributed by atoms with Gasteiger partial charge in [-0.2, -0.15) is 10.5 Å². The predicted octanol–water partition coefficient (Wildman–Crippen LogP) is 1.86. The third kappa shape index (κ3) is 0.884. The smallest absolute Gasteiger partial charge is 0.00225 e. The second-order valence-electron chi connectivity index (χ2n) is 1.11. The van der Waals surface area contributed by atoms with E-state index in [-0.39, 0.29) is 0 Å². The lowest BCUT2D eigenvalue weighted by molar-refractivity contribution is 2.43. The zero-order valence-electron chi connectivity index (χ0n) is 3.55. The summed E-state index contributed by atoms with van der Waals surface area (Å²) in [7, 11) is 0.485. The van der Waals surface area contributed by atoms with Gasteiger partial charge < -0.3 is 0 Å². The molecule has 1 unspecified atom stereocenters. The Bertz CT molecular complexity index is 99.4. The molecule has 34 valence electrons. The van der Waals surface area contributed by atoms with Gasteiger partial charge in [0, 0.05) is 4.70 Å². The monoisotopic (exact) mass is 118 g/mol. The lowest BCUT2D eigenvalue weighted by Gasteiger charge is -1.75. The number of thioether (sulfide) groups is 1. The maximum atomic E-state index is 2.24. The van der Waals surface area contributed by atoms with Crippen LogP contribution in [-0.4, -0.2) is 11.0 Å². The molecule has 0 N–H and O–H groups in total. The van der Waals surface area contributed by atoms with Crippen LogP contribution in [0.4, 0.5) is 0 Å². The zero-order valence-corrected chi connectivity index (χ0v) is 5.18. The van der Waals surface area contributed by atoms with E-state index in [1.807, 2.05) is 0 Å². The molecular weight excluding hydrogens is 112 g/mol. The van der Waals surface area contributed by atoms with Crippen LogP contribution >= 0.6 is 22.2 Å². The van der Waals surface area contributed by atoms with Gasteiger partial charge in [0.05, 0.1) is 0 Å². The Hall–Kier alpha value is 0.310. The highest BCUT2D eigenvalue weighted by Gasteiger charge is 1.83. The van der Waals surface area contributed by atoms with E-state index in [1.54, 1.807) is 11.8 Å². The van der Waals surface area contributed by atoms with Crippen molar-refractivity contribution < 1.29 is 0 Å². The van der Waals surface area contributed by atoms with Gasteiger partial charge in [0.1, 0.15) is 0 Å². The summed E-state index contributed by atoms with van der Waals surface area (Å²) in [6.07, 6.45) is 2.20. The molecule has 0 saturated heterocycles. The molecule has 0 fully saturated rings. The van der Waals surface area contributed by atoms with E-state index in [1.165, 1.54) is 0 Å². The molecule has 1 rings (SSSR count). The standard InChI is InChI=1S/C4H6S2/c1-6-3-2-5-4-6/h2-4H,1H3. The molecule has 0 aliphatic carbocycles. The molecule has 1 aliphatic rings. The minimum atomic E-state index is 0.485. The first-order valence-corrected chi connectivity index (χ1v) is 4.39. The third-order valence-electron chi connectivity index (χ3n) is 0.556. The van der Waals surface area contributed by atoms with Crippen molar-refractivity contribution in [1.29, 1.82) is 0 Å². The second-order valence-corrected chi connectivity index (χ2v) is 3.91. The summed E-state index contributed by atoms with van der Waals surface area (Å²) >= 11 is 1.79. The third-order valence-corrected chi connectivity index (χ3v) is 3.25. The van der Waals surface area contributed by atoms with Gasteiger partial charge in [0.15, 0.2) is 0 Å². The first-order valence-electron chi connectivity index (χ1n) is 1.68. The van der Waals surface area contributed by atoms with Crippen LogP contribution in [0.15, 0.2) is 10.8 Å². The Labute approximate surface area is 44.6 Å². The molecule has 1 atom stereocenters. The Morgan fingerprint density at radius 2 is 2.50 bits per heavy atom. The van der Waals surface area contributed by atoms with Crippen LogP contribution in [-0.2, 0) is 0 Å². The Kier molecular flexibility index (Phi) is 1.37. The molecule has 0 nitrogen and oxygen atoms in total. The lowest BCUT2D eigenvalue weighted by atomic mass is 11.3. The fourth-order valence-corrected chi connectivity index (χ4v) is 2.44. The minimum absolute atomic E-state index is 0.485. The highest BCUT2D eigenvalue weighted by molar-refractivity contribution is 8.36. The van der Waals surface area contributed by atoms with Crippen LogP contribution in [0.3, 0.4) is 0 Å². The van der Waals surface area contributed by atoms with E-state index < -0.39 is 0 Å². The van der Waals surface area contributed by atoms with Gasteiger partial charge in [0.25, 0.3) is 0 Å². The summed E-state index contributed by atoms with van der Waals surface area (Å²) in [5.41, 5.74) is 0. The van der Waals surface area contributed by atoms with Gasteiger partial charge in [-0.15, -0.1) is 0 Å². The first kappa shape index (κ1) is 4.47. The van der Waals surface area contributed by atoms with E-state index in [4.69, 9.17) is 0 Å². The van der Waals surface area contributed by atoms with Crippen molar-refractivity contribution in [2.75, 3.05) is 6.26 Å². The van der Waals surface area contributed by atoms with Gasteiger partial charge >= 0.3 is 0 Å². The molecule has 0 bridgehead atoms. The summed E-state index contributed by atoms with van der Waals surface area (Å²) in [6, 6.07) is 0. The van der Waals surface area contributed by atoms with E-state index in [0.29, 0.717) is 10.5 Å². The Morgan fingerprint density at radius 1 is 1.67 bits per heavy atom. The van der Waals surface area contributed by atoms with Crippen molar-refractivity contribution in [1.82, 2.24) is 0 Å². The quantitative estimate of drug-likeness (QED) is 0.437. The van der Waals surface area contributed by atoms with Gasteiger partial charge in [-0.25, -0.2) is 0 Å². The van der Waals surface area contributed by atoms with E-state index in [2.05, 4.69) is 21.8 Å². The lowest BCUT2D eigenvalue weighted by Crippen LogP contribution is -1.46. The normalized spacial score (nSPS) is 30.5. The fraction of sp³-hybridized carbons (Fsp3) is 0.250. The SMILES string of the molecule is CS1=CSC=C1. The van der Waals surface area contributed by atoms with Crippen LogP contribution in [0, 0.1) is 0 Å². The van der Waals surface area contributed by atoms with Gasteiger partial charge in [-0.05, 0) is 17.1 Å². The average Bonchev–Trinajstić information content (AvgIpc) is 1.86. The highest BCUT2D eigenvalue weighted by Crippen LogP contribution is 2.20. The maximum absolute atomic E-state index is 2.24. The summed E-state index contributed by atoms with van der Waals surface area (Å²) in [4.78, 5) is 0. The molecule has 6 heavy (non-hydrogen) atoms. The molecule has 1 heterocycles. The largest absolute Gasteiger partial charge is 0.158 e. The molecule has 0 saturated carbocycles. The van der Waals surface area contributed by atoms with Crippen molar-refractivity contribution >= 4 is 26.9 Å². The Balaban J connectivity index is 2.68. The Morgan fingerprint density at radius 3 is 2.67 bits per heavy atom. The number of rotatable bonds is 0. The number of hydrogen-bond donors (Lipinski definition) is 0. The van der Waals surface area contributed by atoms with E-state index in [0.717, 1.165) is 0 Å². The van der Waals surface area contributed by atoms with Crippen molar-refractivity contribution in [3.63, 3.8) is 0 Å².